The van der Waals surface area contributed by atoms with E-state index in [0.717, 1.165) is 75.7 Å². The summed E-state index contributed by atoms with van der Waals surface area (Å²) >= 11 is 9.87. The normalized spacial score (nSPS) is 14.5. The van der Waals surface area contributed by atoms with Crippen LogP contribution in [0.1, 0.15) is 16.8 Å². The van der Waals surface area contributed by atoms with Crippen LogP contribution in [-0.4, -0.2) is 98.7 Å². The van der Waals surface area contributed by atoms with Gasteiger partial charge in [0, 0.05) is 67.4 Å². The van der Waals surface area contributed by atoms with Crippen LogP contribution >= 0.6 is 34.5 Å². The zero-order valence-corrected chi connectivity index (χ0v) is 35.0. The molecule has 8 rings (SSSR count). The fourth-order valence-corrected chi connectivity index (χ4v) is 8.95. The molecule has 1 atom stereocenters. The molecule has 17 heteroatoms. The molecular formula is C43H40ClF3N6O5S2. The first-order valence-electron chi connectivity index (χ1n) is 19.2. The number of likely N-dealkylation sites (N-methyl/N-ethyl adjacent to an activating group) is 1. The van der Waals surface area contributed by atoms with E-state index < -0.39 is 24.8 Å². The minimum absolute atomic E-state index is 0.107. The van der Waals surface area contributed by atoms with Crippen molar-refractivity contribution in [1.29, 1.82) is 0 Å². The second kappa shape index (κ2) is 17.8. The van der Waals surface area contributed by atoms with E-state index in [0.29, 0.717) is 50.0 Å². The van der Waals surface area contributed by atoms with Crippen LogP contribution in [0.15, 0.2) is 84.5 Å². The van der Waals surface area contributed by atoms with Gasteiger partial charge in [-0.05, 0) is 89.4 Å². The SMILES string of the molecule is Cc1c(-c2c(-c3ccc4sccc4c3)ncc3snc(OC(Cc4ccccc4OCc4ccnn4CC(F)(F)F)C(=O)O)c23)ccc(OCCN2CCN(C)CC2)c1Cl. The number of piperazine rings is 1. The van der Waals surface area contributed by atoms with Crippen molar-refractivity contribution in [2.75, 3.05) is 46.4 Å². The van der Waals surface area contributed by atoms with Gasteiger partial charge in [-0.25, -0.2) is 4.79 Å². The number of carboxylic acid groups (broad SMARTS) is 1. The number of para-hydroxylation sites is 1. The second-order valence-electron chi connectivity index (χ2n) is 14.6. The molecule has 5 heterocycles. The Morgan fingerprint density at radius 3 is 2.62 bits per heavy atom. The summed E-state index contributed by atoms with van der Waals surface area (Å²) in [5.41, 5.74) is 4.34. The quantitative estimate of drug-likeness (QED) is 0.107. The van der Waals surface area contributed by atoms with Crippen molar-refractivity contribution in [3.8, 4) is 39.8 Å². The third-order valence-electron chi connectivity index (χ3n) is 10.5. The maximum absolute atomic E-state index is 13.1. The summed E-state index contributed by atoms with van der Waals surface area (Å²) in [6.07, 6.45) is -3.05. The zero-order chi connectivity index (χ0) is 42.0. The molecule has 11 nitrogen and oxygen atoms in total. The van der Waals surface area contributed by atoms with Crippen molar-refractivity contribution in [2.24, 2.45) is 0 Å². The van der Waals surface area contributed by atoms with Gasteiger partial charge in [0.1, 0.15) is 31.3 Å². The largest absolute Gasteiger partial charge is 0.491 e. The second-order valence-corrected chi connectivity index (χ2v) is 16.7. The van der Waals surface area contributed by atoms with Gasteiger partial charge in [0.25, 0.3) is 0 Å². The maximum atomic E-state index is 13.1. The lowest BCUT2D eigenvalue weighted by atomic mass is 9.93. The van der Waals surface area contributed by atoms with Crippen LogP contribution in [0.4, 0.5) is 13.2 Å². The summed E-state index contributed by atoms with van der Waals surface area (Å²) in [5, 5.41) is 18.4. The van der Waals surface area contributed by atoms with E-state index in [9.17, 15) is 23.1 Å². The van der Waals surface area contributed by atoms with Gasteiger partial charge in [0.15, 0.2) is 0 Å². The summed E-state index contributed by atoms with van der Waals surface area (Å²) in [6.45, 7) is 5.67. The number of aromatic nitrogens is 4. The molecule has 4 aromatic heterocycles. The van der Waals surface area contributed by atoms with E-state index >= 15 is 0 Å². The zero-order valence-electron chi connectivity index (χ0n) is 32.6. The Labute approximate surface area is 356 Å². The summed E-state index contributed by atoms with van der Waals surface area (Å²) < 4.78 is 65.2. The minimum Gasteiger partial charge on any atom is -0.491 e. The molecule has 60 heavy (non-hydrogen) atoms. The first-order chi connectivity index (χ1) is 28.9. The number of ether oxygens (including phenoxy) is 3. The Morgan fingerprint density at radius 1 is 1.00 bits per heavy atom. The molecule has 3 aromatic carbocycles. The number of hydrogen-bond acceptors (Lipinski definition) is 11. The Bertz CT molecular complexity index is 2640. The molecule has 0 amide bonds. The Balaban J connectivity index is 1.12. The van der Waals surface area contributed by atoms with Gasteiger partial charge in [-0.1, -0.05) is 41.9 Å². The van der Waals surface area contributed by atoms with Crippen molar-refractivity contribution in [3.05, 3.63) is 106 Å². The highest BCUT2D eigenvalue weighted by Crippen LogP contribution is 2.46. The van der Waals surface area contributed by atoms with Gasteiger partial charge in [0.05, 0.1) is 26.5 Å². The van der Waals surface area contributed by atoms with Crippen LogP contribution in [0, 0.1) is 6.92 Å². The third kappa shape index (κ3) is 9.22. The van der Waals surface area contributed by atoms with Gasteiger partial charge >= 0.3 is 12.1 Å². The molecule has 1 aliphatic rings. The van der Waals surface area contributed by atoms with Crippen molar-refractivity contribution in [2.45, 2.75) is 38.8 Å². The smallest absolute Gasteiger partial charge is 0.408 e. The number of thiophene rings is 1. The van der Waals surface area contributed by atoms with Gasteiger partial charge in [0.2, 0.25) is 12.0 Å². The van der Waals surface area contributed by atoms with E-state index in [4.69, 9.17) is 30.8 Å². The Kier molecular flexibility index (Phi) is 12.3. The number of alkyl halides is 3. The Morgan fingerprint density at radius 2 is 1.82 bits per heavy atom. The lowest BCUT2D eigenvalue weighted by molar-refractivity contribution is -0.145. The number of carboxylic acids is 1. The van der Waals surface area contributed by atoms with Crippen molar-refractivity contribution in [3.63, 3.8) is 0 Å². The molecular weight excluding hydrogens is 837 g/mol. The van der Waals surface area contributed by atoms with Crippen LogP contribution < -0.4 is 14.2 Å². The molecule has 0 radical (unpaired) electrons. The standard InChI is InChI=1S/C43H40ClF3N6O5S2/c1-26-31(8-9-33(39(26)44)56-19-18-52-16-14-51(2)15-17-52)37-38-36(23-48-40(37)29-7-10-35-28(21-29)12-20-59-35)60-50-41(38)58-34(42(54)55)22-27-5-3-4-6-32(27)57-24-30-11-13-49-53(30)25-43(45,46)47/h3-13,20-21,23,34H,14-19,22,24-25H2,1-2H3,(H,54,55). The fraction of sp³-hybridized carbons (Fsp3) is 0.302. The monoisotopic (exact) mass is 876 g/mol. The molecule has 1 aliphatic heterocycles. The molecule has 1 unspecified atom stereocenters. The molecule has 1 N–H and O–H groups in total. The number of rotatable bonds is 15. The van der Waals surface area contributed by atoms with Crippen molar-refractivity contribution in [1.82, 2.24) is 28.9 Å². The average Bonchev–Trinajstić information content (AvgIpc) is 3.99. The Hall–Kier alpha value is -5.26. The topological polar surface area (TPSA) is 115 Å². The van der Waals surface area contributed by atoms with Crippen LogP contribution in [0.3, 0.4) is 0 Å². The van der Waals surface area contributed by atoms with E-state index in [1.165, 1.54) is 12.3 Å². The van der Waals surface area contributed by atoms with Crippen LogP contribution in [0.2, 0.25) is 5.02 Å². The van der Waals surface area contributed by atoms with E-state index in [2.05, 4.69) is 44.5 Å². The highest BCUT2D eigenvalue weighted by molar-refractivity contribution is 7.17. The number of halogens is 4. The molecule has 312 valence electrons. The summed E-state index contributed by atoms with van der Waals surface area (Å²) in [7, 11) is 2.12. The predicted octanol–water partition coefficient (Wildman–Crippen LogP) is 9.24. The molecule has 0 aliphatic carbocycles. The number of benzene rings is 3. The van der Waals surface area contributed by atoms with E-state index in [-0.39, 0.29) is 24.6 Å². The van der Waals surface area contributed by atoms with Crippen molar-refractivity contribution < 1.29 is 37.3 Å². The molecule has 0 spiro atoms. The first kappa shape index (κ1) is 41.5. The molecule has 1 saturated heterocycles. The lowest BCUT2D eigenvalue weighted by Gasteiger charge is -2.32. The number of aliphatic carboxylic acids is 1. The number of pyridine rings is 1. The van der Waals surface area contributed by atoms with Crippen LogP contribution in [0.5, 0.6) is 17.4 Å². The van der Waals surface area contributed by atoms with E-state index in [1.54, 1.807) is 41.8 Å². The molecule has 1 fully saturated rings. The van der Waals surface area contributed by atoms with Crippen LogP contribution in [0.25, 0.3) is 42.6 Å². The summed E-state index contributed by atoms with van der Waals surface area (Å²) in [5.74, 6) is -0.285. The number of carbonyl (C=O) groups is 1. The lowest BCUT2D eigenvalue weighted by Crippen LogP contribution is -2.45. The summed E-state index contributed by atoms with van der Waals surface area (Å²) in [6, 6.07) is 20.2. The maximum Gasteiger partial charge on any atom is 0.408 e. The number of nitrogens with zero attached hydrogens (tertiary/aromatic N) is 6. The fourth-order valence-electron chi connectivity index (χ4n) is 7.26. The highest BCUT2D eigenvalue weighted by Gasteiger charge is 2.30. The third-order valence-corrected chi connectivity index (χ3v) is 12.6. The van der Waals surface area contributed by atoms with Gasteiger partial charge in [-0.2, -0.15) is 22.6 Å². The molecule has 7 aromatic rings. The first-order valence-corrected chi connectivity index (χ1v) is 21.2. The highest BCUT2D eigenvalue weighted by atomic mass is 35.5. The summed E-state index contributed by atoms with van der Waals surface area (Å²) in [4.78, 5) is 22.6. The van der Waals surface area contributed by atoms with Gasteiger partial charge in [-0.15, -0.1) is 11.3 Å². The van der Waals surface area contributed by atoms with Gasteiger partial charge < -0.3 is 24.2 Å². The molecule has 0 bridgehead atoms. The van der Waals surface area contributed by atoms with Gasteiger partial charge in [-0.3, -0.25) is 14.6 Å². The number of hydrogen-bond donors (Lipinski definition) is 1. The average molecular weight is 877 g/mol. The predicted molar refractivity (Wildman–Crippen MR) is 228 cm³/mol. The van der Waals surface area contributed by atoms with Crippen LogP contribution in [-0.2, 0) is 24.4 Å². The minimum atomic E-state index is -4.47. The van der Waals surface area contributed by atoms with Crippen molar-refractivity contribution >= 4 is 60.6 Å². The van der Waals surface area contributed by atoms with E-state index in [1.807, 2.05) is 30.5 Å². The molecule has 0 saturated carbocycles. The number of fused-ring (bicyclic) bond motifs is 2.